The van der Waals surface area contributed by atoms with Gasteiger partial charge in [-0.25, -0.2) is 4.98 Å². The van der Waals surface area contributed by atoms with Crippen molar-refractivity contribution >= 4 is 17.4 Å². The first kappa shape index (κ1) is 14.6. The summed E-state index contributed by atoms with van der Waals surface area (Å²) in [6.07, 6.45) is 5.50. The number of hydrogen-bond donors (Lipinski definition) is 1. The number of hydrogen-bond acceptors (Lipinski definition) is 3. The molecule has 2 heterocycles. The van der Waals surface area contributed by atoms with E-state index in [1.165, 1.54) is 12.8 Å². The van der Waals surface area contributed by atoms with Crippen LogP contribution in [0.25, 0.3) is 0 Å². The molecule has 3 nitrogen and oxygen atoms in total. The minimum absolute atomic E-state index is 0.165. The third-order valence-electron chi connectivity index (χ3n) is 3.79. The van der Waals surface area contributed by atoms with Crippen LogP contribution in [-0.4, -0.2) is 23.6 Å². The van der Waals surface area contributed by atoms with Crippen molar-refractivity contribution in [1.29, 1.82) is 0 Å². The van der Waals surface area contributed by atoms with E-state index in [9.17, 15) is 0 Å². The van der Waals surface area contributed by atoms with E-state index in [4.69, 9.17) is 11.6 Å². The summed E-state index contributed by atoms with van der Waals surface area (Å²) in [5.74, 6) is 0.934. The number of halogens is 1. The topological polar surface area (TPSA) is 28.2 Å². The SMILES string of the molecule is CCCNCc1cnc(N2CCCC2(C)C)c(Cl)c1. The molecular formula is C15H24ClN3. The van der Waals surface area contributed by atoms with Crippen LogP contribution in [0.4, 0.5) is 5.82 Å². The molecular weight excluding hydrogens is 258 g/mol. The van der Waals surface area contributed by atoms with Gasteiger partial charge in [0.1, 0.15) is 5.82 Å². The zero-order valence-corrected chi connectivity index (χ0v) is 12.9. The molecule has 4 heteroatoms. The van der Waals surface area contributed by atoms with Gasteiger partial charge < -0.3 is 10.2 Å². The standard InChI is InChI=1S/C15H24ClN3/c1-4-7-17-10-12-9-13(16)14(18-11-12)19-8-5-6-15(19,2)3/h9,11,17H,4-8,10H2,1-3H3. The molecule has 1 aliphatic heterocycles. The molecule has 0 bridgehead atoms. The Bertz CT molecular complexity index is 431. The minimum atomic E-state index is 0.165. The summed E-state index contributed by atoms with van der Waals surface area (Å²) in [5.41, 5.74) is 1.32. The number of nitrogens with zero attached hydrogens (tertiary/aromatic N) is 2. The van der Waals surface area contributed by atoms with E-state index in [1.54, 1.807) is 0 Å². The highest BCUT2D eigenvalue weighted by Crippen LogP contribution is 2.36. The molecule has 0 unspecified atom stereocenters. The van der Waals surface area contributed by atoms with Crippen LogP contribution in [0.1, 0.15) is 45.6 Å². The van der Waals surface area contributed by atoms with Crippen molar-refractivity contribution in [3.63, 3.8) is 0 Å². The van der Waals surface area contributed by atoms with Crippen molar-refractivity contribution in [1.82, 2.24) is 10.3 Å². The van der Waals surface area contributed by atoms with Crippen molar-refractivity contribution in [2.75, 3.05) is 18.0 Å². The normalized spacial score (nSPS) is 18.0. The van der Waals surface area contributed by atoms with Gasteiger partial charge >= 0.3 is 0 Å². The Kier molecular flexibility index (Phi) is 4.69. The Morgan fingerprint density at radius 1 is 1.47 bits per heavy atom. The van der Waals surface area contributed by atoms with Gasteiger partial charge in [0, 0.05) is 24.8 Å². The molecule has 1 aromatic heterocycles. The van der Waals surface area contributed by atoms with Crippen molar-refractivity contribution in [3.8, 4) is 0 Å². The number of pyridine rings is 1. The zero-order chi connectivity index (χ0) is 13.9. The van der Waals surface area contributed by atoms with E-state index in [0.29, 0.717) is 0 Å². The average molecular weight is 282 g/mol. The Hall–Kier alpha value is -0.800. The van der Waals surface area contributed by atoms with Gasteiger partial charge in [-0.1, -0.05) is 18.5 Å². The number of aromatic nitrogens is 1. The second-order valence-corrected chi connectivity index (χ2v) is 6.30. The zero-order valence-electron chi connectivity index (χ0n) is 12.2. The predicted octanol–water partition coefficient (Wildman–Crippen LogP) is 3.61. The van der Waals surface area contributed by atoms with Crippen molar-refractivity contribution in [2.24, 2.45) is 0 Å². The first-order valence-corrected chi connectivity index (χ1v) is 7.55. The minimum Gasteiger partial charge on any atom is -0.350 e. The van der Waals surface area contributed by atoms with Crippen LogP contribution in [0.3, 0.4) is 0 Å². The van der Waals surface area contributed by atoms with Crippen molar-refractivity contribution in [2.45, 2.75) is 52.1 Å². The molecule has 0 spiro atoms. The summed E-state index contributed by atoms with van der Waals surface area (Å²) >= 11 is 6.42. The van der Waals surface area contributed by atoms with E-state index in [-0.39, 0.29) is 5.54 Å². The van der Waals surface area contributed by atoms with Gasteiger partial charge in [0.25, 0.3) is 0 Å². The summed E-state index contributed by atoms with van der Waals surface area (Å²) in [4.78, 5) is 6.92. The monoisotopic (exact) mass is 281 g/mol. The van der Waals surface area contributed by atoms with Crippen molar-refractivity contribution in [3.05, 3.63) is 22.8 Å². The smallest absolute Gasteiger partial charge is 0.147 e. The fraction of sp³-hybridized carbons (Fsp3) is 0.667. The Balaban J connectivity index is 2.11. The van der Waals surface area contributed by atoms with E-state index in [0.717, 1.165) is 42.5 Å². The molecule has 0 aliphatic carbocycles. The van der Waals surface area contributed by atoms with Gasteiger partial charge in [-0.15, -0.1) is 0 Å². The molecule has 0 aromatic carbocycles. The summed E-state index contributed by atoms with van der Waals surface area (Å²) in [7, 11) is 0. The average Bonchev–Trinajstić information content (AvgIpc) is 2.70. The third kappa shape index (κ3) is 3.40. The lowest BCUT2D eigenvalue weighted by atomic mass is 10.0. The van der Waals surface area contributed by atoms with Gasteiger partial charge in [-0.05, 0) is 51.3 Å². The predicted molar refractivity (Wildman–Crippen MR) is 81.9 cm³/mol. The molecule has 1 saturated heterocycles. The molecule has 1 N–H and O–H groups in total. The second-order valence-electron chi connectivity index (χ2n) is 5.89. The lowest BCUT2D eigenvalue weighted by Crippen LogP contribution is -2.38. The fourth-order valence-electron chi connectivity index (χ4n) is 2.68. The van der Waals surface area contributed by atoms with E-state index in [2.05, 4.69) is 36.0 Å². The number of anilines is 1. The summed E-state index contributed by atoms with van der Waals surface area (Å²) in [5, 5.41) is 4.14. The van der Waals surface area contributed by atoms with Gasteiger partial charge in [-0.2, -0.15) is 0 Å². The summed E-state index contributed by atoms with van der Waals surface area (Å²) < 4.78 is 0. The van der Waals surface area contributed by atoms with E-state index < -0.39 is 0 Å². The van der Waals surface area contributed by atoms with E-state index >= 15 is 0 Å². The van der Waals surface area contributed by atoms with Crippen molar-refractivity contribution < 1.29 is 0 Å². The molecule has 106 valence electrons. The van der Waals surface area contributed by atoms with Gasteiger partial charge in [0.05, 0.1) is 5.02 Å². The van der Waals surface area contributed by atoms with Gasteiger partial charge in [0.2, 0.25) is 0 Å². The number of rotatable bonds is 5. The summed E-state index contributed by atoms with van der Waals surface area (Å²) in [6, 6.07) is 2.04. The lowest BCUT2D eigenvalue weighted by Gasteiger charge is -2.33. The Labute approximate surface area is 121 Å². The molecule has 19 heavy (non-hydrogen) atoms. The molecule has 0 radical (unpaired) electrons. The van der Waals surface area contributed by atoms with Gasteiger partial charge in [-0.3, -0.25) is 0 Å². The Morgan fingerprint density at radius 3 is 2.84 bits per heavy atom. The highest BCUT2D eigenvalue weighted by atomic mass is 35.5. The first-order valence-electron chi connectivity index (χ1n) is 7.17. The maximum absolute atomic E-state index is 6.42. The van der Waals surface area contributed by atoms with E-state index in [1.807, 2.05) is 12.3 Å². The van der Waals surface area contributed by atoms with Crippen LogP contribution in [0.2, 0.25) is 5.02 Å². The first-order chi connectivity index (χ1) is 9.04. The number of nitrogens with one attached hydrogen (secondary N) is 1. The quantitative estimate of drug-likeness (QED) is 0.836. The molecule has 0 atom stereocenters. The van der Waals surface area contributed by atoms with Crippen LogP contribution in [0.5, 0.6) is 0 Å². The molecule has 1 aromatic rings. The molecule has 1 aliphatic rings. The summed E-state index contributed by atoms with van der Waals surface area (Å²) in [6.45, 7) is 9.59. The molecule has 1 fully saturated rings. The maximum Gasteiger partial charge on any atom is 0.147 e. The highest BCUT2D eigenvalue weighted by Gasteiger charge is 2.33. The van der Waals surface area contributed by atoms with Gasteiger partial charge in [0.15, 0.2) is 0 Å². The van der Waals surface area contributed by atoms with Crippen LogP contribution < -0.4 is 10.2 Å². The molecule has 2 rings (SSSR count). The van der Waals surface area contributed by atoms with Crippen LogP contribution in [0.15, 0.2) is 12.3 Å². The second kappa shape index (κ2) is 6.10. The van der Waals surface area contributed by atoms with Crippen LogP contribution in [-0.2, 0) is 6.54 Å². The molecule has 0 saturated carbocycles. The maximum atomic E-state index is 6.42. The van der Waals surface area contributed by atoms with Crippen LogP contribution >= 0.6 is 11.6 Å². The lowest BCUT2D eigenvalue weighted by molar-refractivity contribution is 0.514. The third-order valence-corrected chi connectivity index (χ3v) is 4.07. The van der Waals surface area contributed by atoms with Crippen LogP contribution in [0, 0.1) is 0 Å². The molecule has 0 amide bonds. The fourth-order valence-corrected chi connectivity index (χ4v) is 2.97. The Morgan fingerprint density at radius 2 is 2.26 bits per heavy atom. The largest absolute Gasteiger partial charge is 0.350 e. The highest BCUT2D eigenvalue weighted by molar-refractivity contribution is 6.33.